The van der Waals surface area contributed by atoms with E-state index in [9.17, 15) is 0 Å². The molecule has 4 nitrogen and oxygen atoms in total. The maximum Gasteiger partial charge on any atom is 0.225 e. The summed E-state index contributed by atoms with van der Waals surface area (Å²) in [5.74, 6) is 2.21. The minimum absolute atomic E-state index is 0.605. The molecule has 1 saturated carbocycles. The lowest BCUT2D eigenvalue weighted by Gasteiger charge is -2.32. The lowest BCUT2D eigenvalue weighted by molar-refractivity contribution is 0.413. The van der Waals surface area contributed by atoms with E-state index >= 15 is 0 Å². The Balaban J connectivity index is 1.67. The van der Waals surface area contributed by atoms with E-state index in [1.807, 2.05) is 12.4 Å². The van der Waals surface area contributed by atoms with Gasteiger partial charge in [0.05, 0.1) is 0 Å². The number of rotatable bonds is 3. The van der Waals surface area contributed by atoms with Crippen molar-refractivity contribution in [2.45, 2.75) is 38.0 Å². The van der Waals surface area contributed by atoms with E-state index in [1.54, 1.807) is 0 Å². The molecule has 18 heavy (non-hydrogen) atoms. The third-order valence-electron chi connectivity index (χ3n) is 4.37. The quantitative estimate of drug-likeness (QED) is 0.885. The number of anilines is 1. The topological polar surface area (TPSA) is 55.0 Å². The molecule has 98 valence electrons. The first-order valence-corrected chi connectivity index (χ1v) is 7.14. The van der Waals surface area contributed by atoms with E-state index in [1.165, 1.54) is 37.7 Å². The van der Waals surface area contributed by atoms with Crippen molar-refractivity contribution in [2.24, 2.45) is 11.7 Å². The van der Waals surface area contributed by atoms with Gasteiger partial charge in [0.25, 0.3) is 0 Å². The molecular weight excluding hydrogens is 224 g/mol. The molecule has 1 saturated heterocycles. The molecule has 2 aliphatic rings. The Morgan fingerprint density at radius 2 is 1.94 bits per heavy atom. The third-order valence-corrected chi connectivity index (χ3v) is 4.37. The molecule has 1 aliphatic carbocycles. The zero-order chi connectivity index (χ0) is 12.4. The van der Waals surface area contributed by atoms with Crippen molar-refractivity contribution < 1.29 is 0 Å². The summed E-state index contributed by atoms with van der Waals surface area (Å²) in [6.07, 6.45) is 10.5. The molecular formula is C14H22N4. The van der Waals surface area contributed by atoms with E-state index in [0.717, 1.165) is 31.5 Å². The average molecular weight is 246 g/mol. The van der Waals surface area contributed by atoms with Crippen molar-refractivity contribution in [3.63, 3.8) is 0 Å². The fourth-order valence-electron chi connectivity index (χ4n) is 2.89. The molecule has 3 rings (SSSR count). The Morgan fingerprint density at radius 3 is 2.56 bits per heavy atom. The van der Waals surface area contributed by atoms with Crippen molar-refractivity contribution in [1.29, 1.82) is 0 Å². The van der Waals surface area contributed by atoms with Gasteiger partial charge < -0.3 is 10.6 Å². The van der Waals surface area contributed by atoms with Crippen LogP contribution in [0.2, 0.25) is 0 Å². The molecule has 0 amide bonds. The normalized spacial score (nSPS) is 24.9. The van der Waals surface area contributed by atoms with Crippen LogP contribution in [0.3, 0.4) is 0 Å². The van der Waals surface area contributed by atoms with Gasteiger partial charge in [-0.1, -0.05) is 6.42 Å². The predicted octanol–water partition coefficient (Wildman–Crippen LogP) is 1.92. The van der Waals surface area contributed by atoms with Crippen LogP contribution in [0.15, 0.2) is 12.4 Å². The Kier molecular flexibility index (Phi) is 3.46. The lowest BCUT2D eigenvalue weighted by Crippen LogP contribution is -2.39. The fraction of sp³-hybridized carbons (Fsp3) is 0.714. The van der Waals surface area contributed by atoms with Crippen LogP contribution in [-0.2, 0) is 0 Å². The Bertz CT molecular complexity index is 385. The zero-order valence-corrected chi connectivity index (χ0v) is 10.9. The van der Waals surface area contributed by atoms with Gasteiger partial charge in [0.1, 0.15) is 0 Å². The number of hydrogen-bond acceptors (Lipinski definition) is 4. The molecule has 1 aromatic rings. The number of nitrogens with two attached hydrogens (primary N) is 1. The third kappa shape index (κ3) is 2.34. The number of piperidine rings is 1. The van der Waals surface area contributed by atoms with Crippen LogP contribution < -0.4 is 10.6 Å². The molecule has 0 spiro atoms. The van der Waals surface area contributed by atoms with Gasteiger partial charge in [0.15, 0.2) is 0 Å². The molecule has 0 bridgehead atoms. The Hall–Kier alpha value is -1.16. The molecule has 1 aromatic heterocycles. The number of nitrogens with zero attached hydrogens (tertiary/aromatic N) is 3. The van der Waals surface area contributed by atoms with Crippen molar-refractivity contribution in [2.75, 3.05) is 24.5 Å². The van der Waals surface area contributed by atoms with E-state index in [2.05, 4.69) is 14.9 Å². The van der Waals surface area contributed by atoms with Crippen LogP contribution >= 0.6 is 0 Å². The molecule has 2 N–H and O–H groups in total. The highest BCUT2D eigenvalue weighted by Crippen LogP contribution is 2.35. The Morgan fingerprint density at radius 1 is 1.17 bits per heavy atom. The lowest BCUT2D eigenvalue weighted by atomic mass is 9.81. The van der Waals surface area contributed by atoms with Crippen LogP contribution in [-0.4, -0.2) is 29.6 Å². The predicted molar refractivity (Wildman–Crippen MR) is 72.6 cm³/mol. The van der Waals surface area contributed by atoms with Crippen molar-refractivity contribution in [1.82, 2.24) is 9.97 Å². The largest absolute Gasteiger partial charge is 0.341 e. The average Bonchev–Trinajstić information content (AvgIpc) is 2.38. The maximum absolute atomic E-state index is 5.77. The first-order chi connectivity index (χ1) is 8.86. The highest BCUT2D eigenvalue weighted by molar-refractivity contribution is 5.31. The van der Waals surface area contributed by atoms with E-state index in [0.29, 0.717) is 5.92 Å². The summed E-state index contributed by atoms with van der Waals surface area (Å²) >= 11 is 0. The van der Waals surface area contributed by atoms with Gasteiger partial charge in [-0.2, -0.15) is 0 Å². The van der Waals surface area contributed by atoms with Gasteiger partial charge in [0.2, 0.25) is 5.95 Å². The van der Waals surface area contributed by atoms with E-state index in [4.69, 9.17) is 5.73 Å². The second-order valence-corrected chi connectivity index (χ2v) is 5.63. The van der Waals surface area contributed by atoms with Crippen LogP contribution in [0.1, 0.15) is 43.6 Å². The smallest absolute Gasteiger partial charge is 0.225 e. The maximum atomic E-state index is 5.77. The van der Waals surface area contributed by atoms with Crippen molar-refractivity contribution in [3.05, 3.63) is 18.0 Å². The van der Waals surface area contributed by atoms with E-state index in [-0.39, 0.29) is 0 Å². The minimum atomic E-state index is 0.605. The van der Waals surface area contributed by atoms with Crippen molar-refractivity contribution >= 4 is 5.95 Å². The van der Waals surface area contributed by atoms with E-state index < -0.39 is 0 Å². The van der Waals surface area contributed by atoms with Crippen LogP contribution in [0.25, 0.3) is 0 Å². The molecule has 4 heteroatoms. The summed E-state index contributed by atoms with van der Waals surface area (Å²) in [6, 6.07) is 0. The number of aromatic nitrogens is 2. The summed E-state index contributed by atoms with van der Waals surface area (Å²) in [4.78, 5) is 11.4. The monoisotopic (exact) mass is 246 g/mol. The highest BCUT2D eigenvalue weighted by atomic mass is 15.2. The van der Waals surface area contributed by atoms with Gasteiger partial charge in [-0.15, -0.1) is 0 Å². The number of hydrogen-bond donors (Lipinski definition) is 1. The van der Waals surface area contributed by atoms with Crippen LogP contribution in [0, 0.1) is 5.92 Å². The minimum Gasteiger partial charge on any atom is -0.341 e. The molecule has 0 aromatic carbocycles. The molecule has 0 radical (unpaired) electrons. The van der Waals surface area contributed by atoms with Crippen LogP contribution in [0.4, 0.5) is 5.95 Å². The molecule has 1 aliphatic heterocycles. The fourth-order valence-corrected chi connectivity index (χ4v) is 2.89. The molecule has 1 unspecified atom stereocenters. The van der Waals surface area contributed by atoms with Gasteiger partial charge in [0, 0.05) is 25.5 Å². The highest BCUT2D eigenvalue weighted by Gasteiger charge is 2.23. The first kappa shape index (κ1) is 11.9. The van der Waals surface area contributed by atoms with Gasteiger partial charge in [-0.3, -0.25) is 0 Å². The summed E-state index contributed by atoms with van der Waals surface area (Å²) in [5, 5.41) is 0. The standard InChI is InChI=1S/C14H22N4/c15-7-11-3-2-6-18(10-11)14-16-8-13(9-17-14)12-4-1-5-12/h8-9,11-12H,1-7,10,15H2. The van der Waals surface area contributed by atoms with Gasteiger partial charge in [-0.05, 0) is 49.6 Å². The summed E-state index contributed by atoms with van der Waals surface area (Å²) < 4.78 is 0. The molecule has 2 heterocycles. The Labute approximate surface area is 109 Å². The second-order valence-electron chi connectivity index (χ2n) is 5.63. The molecule has 2 fully saturated rings. The summed E-state index contributed by atoms with van der Waals surface area (Å²) in [6.45, 7) is 2.86. The van der Waals surface area contributed by atoms with Gasteiger partial charge in [-0.25, -0.2) is 9.97 Å². The molecule has 1 atom stereocenters. The first-order valence-electron chi connectivity index (χ1n) is 7.14. The van der Waals surface area contributed by atoms with Crippen LogP contribution in [0.5, 0.6) is 0 Å². The zero-order valence-electron chi connectivity index (χ0n) is 10.9. The SMILES string of the molecule is NCC1CCCN(c2ncc(C3CCC3)cn2)C1. The second kappa shape index (κ2) is 5.22. The summed E-state index contributed by atoms with van der Waals surface area (Å²) in [7, 11) is 0. The summed E-state index contributed by atoms with van der Waals surface area (Å²) in [5.41, 5.74) is 7.08. The van der Waals surface area contributed by atoms with Crippen molar-refractivity contribution in [3.8, 4) is 0 Å². The van der Waals surface area contributed by atoms with Gasteiger partial charge >= 0.3 is 0 Å².